The summed E-state index contributed by atoms with van der Waals surface area (Å²) in [7, 11) is 0. The molecule has 0 aliphatic heterocycles. The molecule has 0 saturated carbocycles. The Morgan fingerprint density at radius 3 is 2.56 bits per heavy atom. The van der Waals surface area contributed by atoms with E-state index in [0.717, 1.165) is 28.8 Å². The lowest BCUT2D eigenvalue weighted by molar-refractivity contribution is -0.138. The zero-order valence-electron chi connectivity index (χ0n) is 11.2. The zero-order chi connectivity index (χ0) is 13.9. The highest BCUT2D eigenvalue weighted by molar-refractivity contribution is 9.10. The molecule has 4 nitrogen and oxygen atoms in total. The molecule has 18 heavy (non-hydrogen) atoms. The second-order valence-electron chi connectivity index (χ2n) is 4.48. The first kappa shape index (κ1) is 15.6. The van der Waals surface area contributed by atoms with Crippen molar-refractivity contribution < 1.29 is 9.90 Å². The third-order valence-electron chi connectivity index (χ3n) is 2.78. The van der Waals surface area contributed by atoms with Gasteiger partial charge in [0.05, 0.1) is 15.9 Å². The minimum atomic E-state index is -0.790. The van der Waals surface area contributed by atoms with Crippen molar-refractivity contribution in [1.82, 2.24) is 9.78 Å². The number of carbonyl (C=O) groups is 1. The van der Waals surface area contributed by atoms with Crippen molar-refractivity contribution in [3.8, 4) is 0 Å². The van der Waals surface area contributed by atoms with Gasteiger partial charge in [-0.1, -0.05) is 6.92 Å². The van der Waals surface area contributed by atoms with E-state index >= 15 is 0 Å². The summed E-state index contributed by atoms with van der Waals surface area (Å²) >= 11 is 4.98. The molecule has 0 amide bonds. The highest BCUT2D eigenvalue weighted by Gasteiger charge is 2.28. The number of halogens is 1. The van der Waals surface area contributed by atoms with Crippen LogP contribution in [0.5, 0.6) is 0 Å². The van der Waals surface area contributed by atoms with Crippen molar-refractivity contribution in [3.63, 3.8) is 0 Å². The molecular weight excluding hydrogens is 316 g/mol. The molecule has 1 heterocycles. The predicted molar refractivity (Wildman–Crippen MR) is 78.0 cm³/mol. The van der Waals surface area contributed by atoms with E-state index in [1.807, 2.05) is 11.6 Å². The zero-order valence-corrected chi connectivity index (χ0v) is 13.6. The first-order valence-electron chi connectivity index (χ1n) is 5.94. The van der Waals surface area contributed by atoms with E-state index in [0.29, 0.717) is 5.75 Å². The van der Waals surface area contributed by atoms with E-state index < -0.39 is 10.7 Å². The fourth-order valence-corrected chi connectivity index (χ4v) is 3.27. The summed E-state index contributed by atoms with van der Waals surface area (Å²) < 4.78 is 2.17. The molecule has 0 aliphatic carbocycles. The van der Waals surface area contributed by atoms with Crippen LogP contribution < -0.4 is 0 Å². The molecule has 0 aromatic carbocycles. The van der Waals surface area contributed by atoms with E-state index in [4.69, 9.17) is 5.11 Å². The summed E-state index contributed by atoms with van der Waals surface area (Å²) in [5, 5.41) is 13.6. The maximum atomic E-state index is 11.1. The van der Waals surface area contributed by atoms with Gasteiger partial charge < -0.3 is 5.11 Å². The Balaban J connectivity index is 2.91. The first-order chi connectivity index (χ1) is 8.33. The number of aliphatic carboxylic acids is 1. The first-order valence-corrected chi connectivity index (χ1v) is 7.72. The number of rotatable bonds is 6. The normalized spacial score (nSPS) is 11.8. The van der Waals surface area contributed by atoms with Crippen LogP contribution in [0.4, 0.5) is 0 Å². The molecule has 0 bridgehead atoms. The number of hydrogen-bond donors (Lipinski definition) is 1. The number of nitrogens with zero attached hydrogens (tertiary/aromatic N) is 2. The van der Waals surface area contributed by atoms with Gasteiger partial charge in [0.1, 0.15) is 4.75 Å². The van der Waals surface area contributed by atoms with E-state index in [9.17, 15) is 4.79 Å². The third kappa shape index (κ3) is 3.29. The van der Waals surface area contributed by atoms with Crippen molar-refractivity contribution >= 4 is 33.7 Å². The lowest BCUT2D eigenvalue weighted by atomic mass is 10.2. The van der Waals surface area contributed by atoms with Gasteiger partial charge in [0.2, 0.25) is 0 Å². The van der Waals surface area contributed by atoms with Gasteiger partial charge in [0.25, 0.3) is 0 Å². The molecule has 1 rings (SSSR count). The molecule has 0 spiro atoms. The number of carboxylic acids is 1. The summed E-state index contributed by atoms with van der Waals surface area (Å²) in [5.41, 5.74) is 2.09. The summed E-state index contributed by atoms with van der Waals surface area (Å²) in [6, 6.07) is 0. The molecule has 0 saturated heterocycles. The van der Waals surface area contributed by atoms with Gasteiger partial charge in [-0.05, 0) is 43.1 Å². The van der Waals surface area contributed by atoms with Crippen molar-refractivity contribution in [3.05, 3.63) is 15.9 Å². The van der Waals surface area contributed by atoms with Crippen LogP contribution in [0.3, 0.4) is 0 Å². The standard InChI is InChI=1S/C12H19BrN2O2S/c1-5-8-10(13)9(15(6-2)14-8)7-18-12(3,4)11(16)17/h5-7H2,1-4H3,(H,16,17). The van der Waals surface area contributed by atoms with Crippen molar-refractivity contribution in [1.29, 1.82) is 0 Å². The molecule has 1 N–H and O–H groups in total. The SMILES string of the molecule is CCc1nn(CC)c(CSC(C)(C)C(=O)O)c1Br. The fourth-order valence-electron chi connectivity index (χ4n) is 1.47. The van der Waals surface area contributed by atoms with Gasteiger partial charge in [-0.2, -0.15) is 5.10 Å². The van der Waals surface area contributed by atoms with E-state index in [1.165, 1.54) is 11.8 Å². The number of aryl methyl sites for hydroxylation is 2. The average Bonchev–Trinajstić information content (AvgIpc) is 2.62. The molecule has 0 fully saturated rings. The fraction of sp³-hybridized carbons (Fsp3) is 0.667. The van der Waals surface area contributed by atoms with E-state index in [2.05, 4.69) is 28.0 Å². The Bertz CT molecular complexity index is 444. The van der Waals surface area contributed by atoms with Crippen LogP contribution in [-0.4, -0.2) is 25.6 Å². The van der Waals surface area contributed by atoms with Crippen LogP contribution in [0.15, 0.2) is 4.47 Å². The van der Waals surface area contributed by atoms with Crippen LogP contribution in [0, 0.1) is 0 Å². The number of aromatic nitrogens is 2. The molecular formula is C12H19BrN2O2S. The smallest absolute Gasteiger partial charge is 0.319 e. The molecule has 0 atom stereocenters. The largest absolute Gasteiger partial charge is 0.480 e. The number of carboxylic acid groups (broad SMARTS) is 1. The summed E-state index contributed by atoms with van der Waals surface area (Å²) in [6.07, 6.45) is 0.869. The quantitative estimate of drug-likeness (QED) is 0.866. The van der Waals surface area contributed by atoms with Crippen LogP contribution in [0.2, 0.25) is 0 Å². The summed E-state index contributed by atoms with van der Waals surface area (Å²) in [5.74, 6) is -0.150. The summed E-state index contributed by atoms with van der Waals surface area (Å²) in [4.78, 5) is 11.1. The number of thioether (sulfide) groups is 1. The van der Waals surface area contributed by atoms with E-state index in [-0.39, 0.29) is 0 Å². The van der Waals surface area contributed by atoms with Crippen molar-refractivity contribution in [2.45, 2.75) is 51.2 Å². The monoisotopic (exact) mass is 334 g/mol. The molecule has 6 heteroatoms. The van der Waals surface area contributed by atoms with E-state index in [1.54, 1.807) is 13.8 Å². The Kier molecular flexibility index (Phi) is 5.28. The molecule has 0 aliphatic rings. The van der Waals surface area contributed by atoms with Crippen molar-refractivity contribution in [2.75, 3.05) is 0 Å². The Hall–Kier alpha value is -0.490. The second-order valence-corrected chi connectivity index (χ2v) is 6.87. The Morgan fingerprint density at radius 1 is 1.50 bits per heavy atom. The average molecular weight is 335 g/mol. The highest BCUT2D eigenvalue weighted by atomic mass is 79.9. The van der Waals surface area contributed by atoms with Gasteiger partial charge in [-0.15, -0.1) is 11.8 Å². The van der Waals surface area contributed by atoms with Crippen molar-refractivity contribution in [2.24, 2.45) is 0 Å². The minimum Gasteiger partial charge on any atom is -0.480 e. The molecule has 102 valence electrons. The summed E-state index contributed by atoms with van der Waals surface area (Å²) in [6.45, 7) is 8.34. The van der Waals surface area contributed by atoms with Crippen LogP contribution in [0.1, 0.15) is 39.1 Å². The molecule has 0 unspecified atom stereocenters. The predicted octanol–water partition coefficient (Wildman–Crippen LogP) is 3.32. The number of hydrogen-bond acceptors (Lipinski definition) is 3. The lowest BCUT2D eigenvalue weighted by Gasteiger charge is -2.18. The minimum absolute atomic E-state index is 0.640. The maximum Gasteiger partial charge on any atom is 0.319 e. The van der Waals surface area contributed by atoms with Gasteiger partial charge >= 0.3 is 5.97 Å². The molecule has 0 radical (unpaired) electrons. The van der Waals surface area contributed by atoms with Gasteiger partial charge in [0.15, 0.2) is 0 Å². The highest BCUT2D eigenvalue weighted by Crippen LogP contribution is 2.32. The van der Waals surface area contributed by atoms with Crippen LogP contribution >= 0.6 is 27.7 Å². The lowest BCUT2D eigenvalue weighted by Crippen LogP contribution is -2.27. The second kappa shape index (κ2) is 6.10. The van der Waals surface area contributed by atoms with Gasteiger partial charge in [-0.3, -0.25) is 9.48 Å². The van der Waals surface area contributed by atoms with Gasteiger partial charge in [-0.25, -0.2) is 0 Å². The third-order valence-corrected chi connectivity index (χ3v) is 5.01. The van der Waals surface area contributed by atoms with Crippen LogP contribution in [-0.2, 0) is 23.5 Å². The van der Waals surface area contributed by atoms with Crippen LogP contribution in [0.25, 0.3) is 0 Å². The maximum absolute atomic E-state index is 11.1. The molecule has 1 aromatic heterocycles. The Labute approximate surface area is 120 Å². The molecule has 1 aromatic rings. The van der Waals surface area contributed by atoms with Gasteiger partial charge in [0, 0.05) is 12.3 Å². The Morgan fingerprint density at radius 2 is 2.11 bits per heavy atom. The topological polar surface area (TPSA) is 55.1 Å².